The molecule has 3 rings (SSSR count). The highest BCUT2D eigenvalue weighted by Gasteiger charge is 2.37. The third kappa shape index (κ3) is 7.91. The predicted molar refractivity (Wildman–Crippen MR) is 143 cm³/mol. The molecule has 3 aromatic rings. The number of amides is 2. The van der Waals surface area contributed by atoms with Gasteiger partial charge < -0.3 is 10.6 Å². The molecule has 0 unspecified atom stereocenters. The van der Waals surface area contributed by atoms with Crippen LogP contribution in [0.2, 0.25) is 5.02 Å². The van der Waals surface area contributed by atoms with Gasteiger partial charge in [-0.05, 0) is 67.6 Å². The minimum absolute atomic E-state index is 0.00785. The van der Waals surface area contributed by atoms with Crippen LogP contribution in [0.25, 0.3) is 0 Å². The molecular formula is C27H24ClF6N3O2S. The van der Waals surface area contributed by atoms with Crippen LogP contribution in [0.15, 0.2) is 48.7 Å². The van der Waals surface area contributed by atoms with E-state index in [1.807, 2.05) is 13.2 Å². The molecular weight excluding hydrogens is 580 g/mol. The second-order valence-corrected chi connectivity index (χ2v) is 10.3. The fourth-order valence-electron chi connectivity index (χ4n) is 3.89. The lowest BCUT2D eigenvalue weighted by Crippen LogP contribution is -2.35. The Morgan fingerprint density at radius 3 is 2.17 bits per heavy atom. The largest absolute Gasteiger partial charge is 0.416 e. The van der Waals surface area contributed by atoms with Crippen LogP contribution >= 0.6 is 23.4 Å². The Morgan fingerprint density at radius 1 is 1.00 bits per heavy atom. The summed E-state index contributed by atoms with van der Waals surface area (Å²) in [6.07, 6.45) is -7.11. The third-order valence-corrected chi connectivity index (χ3v) is 6.88. The molecule has 2 aromatic carbocycles. The smallest absolute Gasteiger partial charge is 0.349 e. The standard InChI is InChI=1S/C27H24ClF6N3O2S/c1-14-7-19(10-16-8-17(26(29,30)31)11-18(9-16)27(32,33)34)35-12-22(14)37-24(38)20-5-4-6-21(28)23(20)25(39)36-15(2)13-40-3/h4-9,11-12,15H,10,13H2,1-3H3,(H,36,39)(H,37,38)/t15-/m0/s1. The van der Waals surface area contributed by atoms with Crippen LogP contribution < -0.4 is 10.6 Å². The van der Waals surface area contributed by atoms with Crippen LogP contribution in [0.1, 0.15) is 55.6 Å². The summed E-state index contributed by atoms with van der Waals surface area (Å²) < 4.78 is 79.2. The summed E-state index contributed by atoms with van der Waals surface area (Å²) in [6.45, 7) is 3.40. The van der Waals surface area contributed by atoms with Crippen molar-refractivity contribution in [1.29, 1.82) is 0 Å². The van der Waals surface area contributed by atoms with Crippen molar-refractivity contribution in [3.05, 3.63) is 92.8 Å². The van der Waals surface area contributed by atoms with Crippen molar-refractivity contribution in [3.63, 3.8) is 0 Å². The second kappa shape index (κ2) is 12.5. The molecule has 0 aliphatic rings. The molecule has 1 atom stereocenters. The zero-order valence-corrected chi connectivity index (χ0v) is 23.0. The number of anilines is 1. The lowest BCUT2D eigenvalue weighted by Gasteiger charge is -2.16. The first-order chi connectivity index (χ1) is 18.6. The number of hydrogen-bond donors (Lipinski definition) is 2. The van der Waals surface area contributed by atoms with E-state index < -0.39 is 35.3 Å². The Kier molecular flexibility index (Phi) is 9.78. The van der Waals surface area contributed by atoms with Gasteiger partial charge in [0.25, 0.3) is 11.8 Å². The maximum absolute atomic E-state index is 13.2. The number of hydrogen-bond acceptors (Lipinski definition) is 4. The number of halogens is 7. The number of nitrogens with zero attached hydrogens (tertiary/aromatic N) is 1. The summed E-state index contributed by atoms with van der Waals surface area (Å²) in [5.74, 6) is -0.537. The topological polar surface area (TPSA) is 71.1 Å². The average Bonchev–Trinajstić information content (AvgIpc) is 2.84. The van der Waals surface area contributed by atoms with E-state index in [1.54, 1.807) is 6.92 Å². The average molecular weight is 604 g/mol. The highest BCUT2D eigenvalue weighted by Crippen LogP contribution is 2.36. The molecule has 0 aliphatic heterocycles. The summed E-state index contributed by atoms with van der Waals surface area (Å²) in [5.41, 5.74) is -2.19. The molecule has 214 valence electrons. The first-order valence-corrected chi connectivity index (χ1v) is 13.5. The molecule has 0 radical (unpaired) electrons. The number of rotatable bonds is 8. The minimum Gasteiger partial charge on any atom is -0.349 e. The zero-order valence-electron chi connectivity index (χ0n) is 21.4. The van der Waals surface area contributed by atoms with Gasteiger partial charge in [0.1, 0.15) is 0 Å². The molecule has 0 spiro atoms. The Bertz CT molecular complexity index is 1380. The highest BCUT2D eigenvalue weighted by atomic mass is 35.5. The van der Waals surface area contributed by atoms with Crippen LogP contribution in [0.5, 0.6) is 0 Å². The molecule has 0 fully saturated rings. The maximum atomic E-state index is 13.2. The summed E-state index contributed by atoms with van der Waals surface area (Å²) in [7, 11) is 0. The van der Waals surface area contributed by atoms with Gasteiger partial charge in [0.15, 0.2) is 0 Å². The minimum atomic E-state index is -4.96. The normalized spacial score (nSPS) is 12.7. The SMILES string of the molecule is CSC[C@H](C)NC(=O)c1c(Cl)cccc1C(=O)Nc1cnc(Cc2cc(C(F)(F)F)cc(C(F)(F)F)c2)cc1C. The zero-order chi connectivity index (χ0) is 29.8. The summed E-state index contributed by atoms with van der Waals surface area (Å²) >= 11 is 7.78. The number of benzene rings is 2. The summed E-state index contributed by atoms with van der Waals surface area (Å²) in [5, 5.41) is 5.50. The van der Waals surface area contributed by atoms with Gasteiger partial charge in [-0.1, -0.05) is 17.7 Å². The number of carbonyl (C=O) groups excluding carboxylic acids is 2. The first-order valence-electron chi connectivity index (χ1n) is 11.7. The van der Waals surface area contributed by atoms with Crippen molar-refractivity contribution >= 4 is 40.9 Å². The molecule has 13 heteroatoms. The number of aryl methyl sites for hydroxylation is 1. The van der Waals surface area contributed by atoms with Crippen molar-refractivity contribution in [2.45, 2.75) is 38.7 Å². The van der Waals surface area contributed by atoms with Crippen molar-refractivity contribution in [3.8, 4) is 0 Å². The fourth-order valence-corrected chi connectivity index (χ4v) is 4.74. The van der Waals surface area contributed by atoms with Crippen molar-refractivity contribution in [2.24, 2.45) is 0 Å². The van der Waals surface area contributed by atoms with E-state index in [2.05, 4.69) is 15.6 Å². The van der Waals surface area contributed by atoms with Crippen LogP contribution in [-0.2, 0) is 18.8 Å². The van der Waals surface area contributed by atoms with Gasteiger partial charge in [-0.15, -0.1) is 0 Å². The van der Waals surface area contributed by atoms with Gasteiger partial charge in [0.05, 0.1) is 39.2 Å². The van der Waals surface area contributed by atoms with E-state index in [1.165, 1.54) is 42.2 Å². The molecule has 0 aliphatic carbocycles. The highest BCUT2D eigenvalue weighted by molar-refractivity contribution is 7.98. The summed E-state index contributed by atoms with van der Waals surface area (Å²) in [4.78, 5) is 30.1. The molecule has 2 amide bonds. The number of thioether (sulfide) groups is 1. The Morgan fingerprint density at radius 2 is 1.62 bits per heavy atom. The molecule has 0 bridgehead atoms. The molecule has 0 saturated heterocycles. The van der Waals surface area contributed by atoms with E-state index in [4.69, 9.17) is 11.6 Å². The number of nitrogens with one attached hydrogen (secondary N) is 2. The van der Waals surface area contributed by atoms with Crippen molar-refractivity contribution < 1.29 is 35.9 Å². The van der Waals surface area contributed by atoms with Gasteiger partial charge in [-0.25, -0.2) is 0 Å². The first kappa shape index (κ1) is 31.3. The lowest BCUT2D eigenvalue weighted by atomic mass is 10.0. The monoisotopic (exact) mass is 603 g/mol. The second-order valence-electron chi connectivity index (χ2n) is 9.03. The van der Waals surface area contributed by atoms with Crippen molar-refractivity contribution in [2.75, 3.05) is 17.3 Å². The van der Waals surface area contributed by atoms with Gasteiger partial charge >= 0.3 is 12.4 Å². The third-order valence-electron chi connectivity index (χ3n) is 5.73. The van der Waals surface area contributed by atoms with Gasteiger partial charge in [-0.2, -0.15) is 38.1 Å². The number of carbonyl (C=O) groups is 2. The van der Waals surface area contributed by atoms with Crippen LogP contribution in [-0.4, -0.2) is 34.8 Å². The summed E-state index contributed by atoms with van der Waals surface area (Å²) in [6, 6.07) is 7.04. The van der Waals surface area contributed by atoms with Crippen LogP contribution in [0, 0.1) is 6.92 Å². The Labute approximate surface area is 235 Å². The van der Waals surface area contributed by atoms with Crippen LogP contribution in [0.4, 0.5) is 32.0 Å². The maximum Gasteiger partial charge on any atom is 0.416 e. The molecule has 5 nitrogen and oxygen atoms in total. The number of pyridine rings is 1. The molecule has 1 aromatic heterocycles. The number of aromatic nitrogens is 1. The van der Waals surface area contributed by atoms with Gasteiger partial charge in [-0.3, -0.25) is 14.6 Å². The van der Waals surface area contributed by atoms with E-state index >= 15 is 0 Å². The van der Waals surface area contributed by atoms with Crippen molar-refractivity contribution in [1.82, 2.24) is 10.3 Å². The number of alkyl halides is 6. The van der Waals surface area contributed by atoms with Gasteiger partial charge in [0.2, 0.25) is 0 Å². The molecule has 40 heavy (non-hydrogen) atoms. The Hall–Kier alpha value is -3.25. The van der Waals surface area contributed by atoms with E-state index in [-0.39, 0.29) is 51.6 Å². The quantitative estimate of drug-likeness (QED) is 0.263. The van der Waals surface area contributed by atoms with Gasteiger partial charge in [0, 0.05) is 23.9 Å². The predicted octanol–water partition coefficient (Wildman–Crippen LogP) is 7.41. The fraction of sp³-hybridized carbons (Fsp3) is 0.296. The Balaban J connectivity index is 1.85. The van der Waals surface area contributed by atoms with E-state index in [0.29, 0.717) is 23.4 Å². The van der Waals surface area contributed by atoms with E-state index in [0.717, 1.165) is 0 Å². The molecule has 1 heterocycles. The van der Waals surface area contributed by atoms with E-state index in [9.17, 15) is 35.9 Å². The molecule has 0 saturated carbocycles. The lowest BCUT2D eigenvalue weighted by molar-refractivity contribution is -0.143. The van der Waals surface area contributed by atoms with Crippen LogP contribution in [0.3, 0.4) is 0 Å². The molecule has 2 N–H and O–H groups in total.